The van der Waals surface area contributed by atoms with E-state index in [0.29, 0.717) is 13.0 Å². The van der Waals surface area contributed by atoms with Crippen molar-refractivity contribution in [1.29, 1.82) is 0 Å². The van der Waals surface area contributed by atoms with E-state index in [-0.39, 0.29) is 12.5 Å². The highest BCUT2D eigenvalue weighted by atomic mass is 16.6. The fraction of sp³-hybridized carbons (Fsp3) is 0.833. The van der Waals surface area contributed by atoms with Crippen LogP contribution >= 0.6 is 0 Å². The van der Waals surface area contributed by atoms with Gasteiger partial charge in [-0.1, -0.05) is 218 Å². The van der Waals surface area contributed by atoms with Gasteiger partial charge in [-0.25, -0.2) is 4.79 Å². The minimum absolute atomic E-state index is 0.0314. The number of amides is 2. The molecule has 2 rings (SSSR count). The zero-order valence-corrected chi connectivity index (χ0v) is 36.5. The number of ether oxygens (including phenoxy) is 2. The first-order valence-electron chi connectivity index (χ1n) is 23.8. The Morgan fingerprint density at radius 3 is 1.47 bits per heavy atom. The minimum atomic E-state index is -1.47. The molecule has 1 saturated heterocycles. The third kappa shape index (κ3) is 23.8. The summed E-state index contributed by atoms with van der Waals surface area (Å²) < 4.78 is 11.6. The van der Waals surface area contributed by atoms with Crippen LogP contribution in [0.4, 0.5) is 4.79 Å². The molecule has 1 aliphatic rings. The summed E-state index contributed by atoms with van der Waals surface area (Å²) in [5.74, 6) is -0.103. The summed E-state index contributed by atoms with van der Waals surface area (Å²) in [4.78, 5) is 28.6. The highest BCUT2D eigenvalue weighted by molar-refractivity contribution is 5.76. The Kier molecular flexibility index (Phi) is 31.0. The summed E-state index contributed by atoms with van der Waals surface area (Å²) in [6.45, 7) is 4.42. The first-order valence-corrected chi connectivity index (χ1v) is 23.8. The van der Waals surface area contributed by atoms with Gasteiger partial charge in [0.15, 0.2) is 6.23 Å². The molecule has 0 radical (unpaired) electrons. The number of aliphatic hydroxyl groups excluding tert-OH is 3. The number of rotatable bonds is 36. The van der Waals surface area contributed by atoms with Gasteiger partial charge in [0.05, 0.1) is 6.61 Å². The van der Waals surface area contributed by atoms with E-state index in [9.17, 15) is 24.9 Å². The van der Waals surface area contributed by atoms with E-state index >= 15 is 0 Å². The lowest BCUT2D eigenvalue weighted by Crippen LogP contribution is -2.68. The van der Waals surface area contributed by atoms with Crippen LogP contribution in [0.3, 0.4) is 0 Å². The molecule has 1 aromatic carbocycles. The van der Waals surface area contributed by atoms with Gasteiger partial charge in [0.25, 0.3) is 0 Å². The van der Waals surface area contributed by atoms with E-state index < -0.39 is 43.3 Å². The molecule has 0 spiro atoms. The van der Waals surface area contributed by atoms with Crippen molar-refractivity contribution in [2.24, 2.45) is 0 Å². The molecule has 0 saturated carbocycles. The molecule has 2 amide bonds. The number of benzene rings is 1. The Balaban J connectivity index is 1.85. The Morgan fingerprint density at radius 1 is 0.614 bits per heavy atom. The van der Waals surface area contributed by atoms with Crippen molar-refractivity contribution in [3.8, 4) is 0 Å². The standard InChI is InChI=1S/C48H86N2O7/c1-3-5-7-9-11-13-15-17-18-19-20-21-22-24-26-28-33-37-43(52)50(38-34-29-27-25-23-16-14-12-10-8-6-4-2)47-44(46(54)45(53)42(39-51)57-47)49-48(55)56-40-41-35-31-30-32-36-41/h30-32,35-36,42,44-47,51,53-54H,3-29,33-34,37-40H2,1-2H3,(H,49,55)/t42-,44-,45-,46-,47-/m1/s1. The van der Waals surface area contributed by atoms with Crippen LogP contribution in [0.2, 0.25) is 0 Å². The first kappa shape index (κ1) is 50.9. The summed E-state index contributed by atoms with van der Waals surface area (Å²) in [7, 11) is 0. The van der Waals surface area contributed by atoms with E-state index in [2.05, 4.69) is 19.2 Å². The largest absolute Gasteiger partial charge is 0.445 e. The van der Waals surface area contributed by atoms with Crippen LogP contribution in [0.15, 0.2) is 30.3 Å². The Morgan fingerprint density at radius 2 is 1.04 bits per heavy atom. The second kappa shape index (κ2) is 34.6. The number of hydrogen-bond donors (Lipinski definition) is 4. The number of nitrogens with one attached hydrogen (secondary N) is 1. The number of carbonyl (C=O) groups is 2. The number of aliphatic hydroxyl groups is 3. The third-order valence-corrected chi connectivity index (χ3v) is 11.8. The zero-order valence-electron chi connectivity index (χ0n) is 36.5. The summed E-state index contributed by atoms with van der Waals surface area (Å²) >= 11 is 0. The van der Waals surface area contributed by atoms with Crippen LogP contribution in [0.1, 0.15) is 212 Å². The van der Waals surface area contributed by atoms with E-state index in [1.54, 1.807) is 4.90 Å². The number of alkyl carbamates (subject to hydrolysis) is 1. The van der Waals surface area contributed by atoms with Crippen LogP contribution in [0.25, 0.3) is 0 Å². The maximum Gasteiger partial charge on any atom is 0.407 e. The van der Waals surface area contributed by atoms with Gasteiger partial charge >= 0.3 is 6.09 Å². The minimum Gasteiger partial charge on any atom is -0.445 e. The van der Waals surface area contributed by atoms with Crippen molar-refractivity contribution in [1.82, 2.24) is 10.2 Å². The van der Waals surface area contributed by atoms with Crippen LogP contribution in [0.5, 0.6) is 0 Å². The quantitative estimate of drug-likeness (QED) is 0.0497. The summed E-state index contributed by atoms with van der Waals surface area (Å²) in [5.41, 5.74) is 0.808. The molecule has 330 valence electrons. The Labute approximate surface area is 348 Å². The molecule has 1 heterocycles. The molecule has 5 atom stereocenters. The molecule has 0 bridgehead atoms. The zero-order chi connectivity index (χ0) is 41.2. The lowest BCUT2D eigenvalue weighted by molar-refractivity contribution is -0.230. The Bertz CT molecular complexity index is 1090. The van der Waals surface area contributed by atoms with Crippen molar-refractivity contribution < 1.29 is 34.4 Å². The highest BCUT2D eigenvalue weighted by Gasteiger charge is 2.48. The third-order valence-electron chi connectivity index (χ3n) is 11.8. The second-order valence-electron chi connectivity index (χ2n) is 16.8. The highest BCUT2D eigenvalue weighted by Crippen LogP contribution is 2.26. The maximum absolute atomic E-state index is 14.0. The first-order chi connectivity index (χ1) is 27.9. The topological polar surface area (TPSA) is 129 Å². The van der Waals surface area contributed by atoms with Gasteiger partial charge in [0, 0.05) is 13.0 Å². The summed E-state index contributed by atoms with van der Waals surface area (Å²) in [6.07, 6.45) is 30.4. The predicted molar refractivity (Wildman–Crippen MR) is 233 cm³/mol. The lowest BCUT2D eigenvalue weighted by Gasteiger charge is -2.46. The molecule has 1 aromatic rings. The fourth-order valence-electron chi connectivity index (χ4n) is 8.08. The number of unbranched alkanes of at least 4 members (excludes halogenated alkanes) is 27. The molecule has 0 unspecified atom stereocenters. The van der Waals surface area contributed by atoms with Crippen molar-refractivity contribution in [2.45, 2.75) is 244 Å². The van der Waals surface area contributed by atoms with Crippen LogP contribution in [0, 0.1) is 0 Å². The van der Waals surface area contributed by atoms with Gasteiger partial charge < -0.3 is 35.0 Å². The van der Waals surface area contributed by atoms with Gasteiger partial charge in [-0.2, -0.15) is 0 Å². The van der Waals surface area contributed by atoms with Crippen LogP contribution in [-0.4, -0.2) is 76.0 Å². The summed E-state index contributed by atoms with van der Waals surface area (Å²) in [6, 6.07) is 8.15. The number of nitrogens with zero attached hydrogens (tertiary/aromatic N) is 1. The van der Waals surface area contributed by atoms with E-state index in [1.807, 2.05) is 30.3 Å². The molecular formula is C48H86N2O7. The molecule has 4 N–H and O–H groups in total. The molecular weight excluding hydrogens is 717 g/mol. The van der Waals surface area contributed by atoms with E-state index in [0.717, 1.165) is 50.5 Å². The van der Waals surface area contributed by atoms with Crippen LogP contribution < -0.4 is 5.32 Å². The molecule has 0 aromatic heterocycles. The lowest BCUT2D eigenvalue weighted by atomic mass is 9.95. The molecule has 0 aliphatic carbocycles. The van der Waals surface area contributed by atoms with Gasteiger partial charge in [-0.15, -0.1) is 0 Å². The second-order valence-corrected chi connectivity index (χ2v) is 16.8. The average molecular weight is 803 g/mol. The number of hydrogen-bond acceptors (Lipinski definition) is 7. The van der Waals surface area contributed by atoms with Crippen molar-refractivity contribution >= 4 is 12.0 Å². The van der Waals surface area contributed by atoms with Crippen LogP contribution in [-0.2, 0) is 20.9 Å². The molecule has 1 fully saturated rings. The molecule has 1 aliphatic heterocycles. The monoisotopic (exact) mass is 803 g/mol. The van der Waals surface area contributed by atoms with E-state index in [4.69, 9.17) is 9.47 Å². The Hall–Kier alpha value is -2.20. The number of carbonyl (C=O) groups excluding carboxylic acids is 2. The van der Waals surface area contributed by atoms with Gasteiger partial charge in [-0.3, -0.25) is 4.79 Å². The normalized spacial score (nSPS) is 19.4. The average Bonchev–Trinajstić information content (AvgIpc) is 3.22. The molecule has 57 heavy (non-hydrogen) atoms. The van der Waals surface area contributed by atoms with Gasteiger partial charge in [0.2, 0.25) is 5.91 Å². The van der Waals surface area contributed by atoms with Gasteiger partial charge in [0.1, 0.15) is 31.0 Å². The predicted octanol–water partition coefficient (Wildman–Crippen LogP) is 11.3. The van der Waals surface area contributed by atoms with Crippen molar-refractivity contribution in [3.63, 3.8) is 0 Å². The van der Waals surface area contributed by atoms with Gasteiger partial charge in [-0.05, 0) is 18.4 Å². The SMILES string of the molecule is CCCCCCCCCCCCCCCCCCCC(=O)N(CCCCCCCCCCCCCC)[C@@H]1O[C@H](CO)[C@@H](O)[C@H](O)[C@H]1NC(=O)OCc1ccccc1. The fourth-order valence-corrected chi connectivity index (χ4v) is 8.08. The van der Waals surface area contributed by atoms with E-state index in [1.165, 1.54) is 141 Å². The maximum atomic E-state index is 14.0. The summed E-state index contributed by atoms with van der Waals surface area (Å²) in [5, 5.41) is 34.8. The molecule has 9 heteroatoms. The van der Waals surface area contributed by atoms with Crippen molar-refractivity contribution in [2.75, 3.05) is 13.2 Å². The smallest absolute Gasteiger partial charge is 0.407 e. The molecule has 9 nitrogen and oxygen atoms in total. The van der Waals surface area contributed by atoms with Crippen molar-refractivity contribution in [3.05, 3.63) is 35.9 Å².